The zero-order chi connectivity index (χ0) is 19.1. The van der Waals surface area contributed by atoms with Crippen molar-refractivity contribution in [1.82, 2.24) is 9.97 Å². The Hall–Kier alpha value is -1.53. The number of anilines is 1. The SMILES string of the molecule is CC(C)OC[C@@]12CO[C@H](O1)[C@H](Nc1cnc(C(F)(F)F)cn1)[C@@H](O)[C@H]2O. The van der Waals surface area contributed by atoms with Crippen LogP contribution in [0, 0.1) is 0 Å². The monoisotopic (exact) mass is 379 g/mol. The van der Waals surface area contributed by atoms with Crippen molar-refractivity contribution in [3.05, 3.63) is 18.1 Å². The van der Waals surface area contributed by atoms with Gasteiger partial charge in [0.2, 0.25) is 0 Å². The fraction of sp³-hybridized carbons (Fsp3) is 0.733. The third kappa shape index (κ3) is 3.62. The summed E-state index contributed by atoms with van der Waals surface area (Å²) in [6.07, 6.45) is -6.79. The fourth-order valence-electron chi connectivity index (χ4n) is 2.87. The van der Waals surface area contributed by atoms with E-state index in [2.05, 4.69) is 15.3 Å². The number of halogens is 3. The highest BCUT2D eigenvalue weighted by atomic mass is 19.4. The summed E-state index contributed by atoms with van der Waals surface area (Å²) in [6.45, 7) is 3.69. The quantitative estimate of drug-likeness (QED) is 0.681. The Labute approximate surface area is 147 Å². The van der Waals surface area contributed by atoms with Crippen LogP contribution in [0.5, 0.6) is 0 Å². The Balaban J connectivity index is 1.71. The molecule has 11 heteroatoms. The maximum absolute atomic E-state index is 12.5. The van der Waals surface area contributed by atoms with E-state index in [-0.39, 0.29) is 25.1 Å². The van der Waals surface area contributed by atoms with Gasteiger partial charge in [0.05, 0.1) is 31.7 Å². The Morgan fingerprint density at radius 2 is 2.08 bits per heavy atom. The van der Waals surface area contributed by atoms with Crippen molar-refractivity contribution in [2.75, 3.05) is 18.5 Å². The topological polar surface area (TPSA) is 106 Å². The summed E-state index contributed by atoms with van der Waals surface area (Å²) in [5.74, 6) is -0.0146. The molecule has 2 fully saturated rings. The summed E-state index contributed by atoms with van der Waals surface area (Å²) in [5.41, 5.74) is -2.33. The van der Waals surface area contributed by atoms with Gasteiger partial charge in [-0.15, -0.1) is 0 Å². The average Bonchev–Trinajstić information content (AvgIpc) is 2.98. The first-order chi connectivity index (χ1) is 12.1. The number of nitrogens with zero attached hydrogens (tertiary/aromatic N) is 2. The first-order valence-corrected chi connectivity index (χ1v) is 8.05. The molecule has 0 unspecified atom stereocenters. The van der Waals surface area contributed by atoms with Gasteiger partial charge in [-0.2, -0.15) is 13.2 Å². The molecule has 0 amide bonds. The van der Waals surface area contributed by atoms with Crippen molar-refractivity contribution in [1.29, 1.82) is 0 Å². The van der Waals surface area contributed by atoms with Gasteiger partial charge in [0.1, 0.15) is 29.7 Å². The molecular weight excluding hydrogens is 359 g/mol. The van der Waals surface area contributed by atoms with Crippen LogP contribution in [-0.2, 0) is 20.4 Å². The van der Waals surface area contributed by atoms with E-state index in [9.17, 15) is 23.4 Å². The smallest absolute Gasteiger partial charge is 0.388 e. The van der Waals surface area contributed by atoms with E-state index in [1.807, 2.05) is 13.8 Å². The van der Waals surface area contributed by atoms with Crippen LogP contribution in [0.3, 0.4) is 0 Å². The second kappa shape index (κ2) is 6.89. The van der Waals surface area contributed by atoms with E-state index in [1.165, 1.54) is 0 Å². The van der Waals surface area contributed by atoms with Crippen LogP contribution in [-0.4, -0.2) is 69.6 Å². The molecule has 8 nitrogen and oxygen atoms in total. The van der Waals surface area contributed by atoms with Gasteiger partial charge in [-0.05, 0) is 13.8 Å². The van der Waals surface area contributed by atoms with Gasteiger partial charge in [-0.3, -0.25) is 0 Å². The maximum atomic E-state index is 12.5. The van der Waals surface area contributed by atoms with E-state index in [4.69, 9.17) is 14.2 Å². The predicted octanol–water partition coefficient (Wildman–Crippen LogP) is 0.548. The minimum absolute atomic E-state index is 0.0134. The third-order valence-corrected chi connectivity index (χ3v) is 4.28. The average molecular weight is 379 g/mol. The Bertz CT molecular complexity index is 630. The lowest BCUT2D eigenvalue weighted by atomic mass is 9.88. The summed E-state index contributed by atoms with van der Waals surface area (Å²) < 4.78 is 54.3. The molecule has 146 valence electrons. The van der Waals surface area contributed by atoms with Crippen LogP contribution in [0.25, 0.3) is 0 Å². The molecule has 2 saturated heterocycles. The molecule has 0 saturated carbocycles. The van der Waals surface area contributed by atoms with E-state index in [1.54, 1.807) is 0 Å². The van der Waals surface area contributed by atoms with Crippen LogP contribution in [0.4, 0.5) is 19.0 Å². The molecular formula is C15H20F3N3O5. The molecule has 0 aromatic carbocycles. The maximum Gasteiger partial charge on any atom is 0.434 e. The molecule has 2 bridgehead atoms. The number of ether oxygens (including phenoxy) is 3. The lowest BCUT2D eigenvalue weighted by Gasteiger charge is -2.43. The van der Waals surface area contributed by atoms with Crippen LogP contribution in [0.15, 0.2) is 12.4 Å². The summed E-state index contributed by atoms with van der Waals surface area (Å²) in [6, 6.07) is -0.939. The molecule has 0 aliphatic carbocycles. The highest BCUT2D eigenvalue weighted by molar-refractivity contribution is 5.34. The Morgan fingerprint density at radius 3 is 2.65 bits per heavy atom. The molecule has 3 N–H and O–H groups in total. The van der Waals surface area contributed by atoms with Crippen molar-refractivity contribution in [2.24, 2.45) is 0 Å². The van der Waals surface area contributed by atoms with E-state index in [0.29, 0.717) is 6.20 Å². The first kappa shape index (κ1) is 19.2. The van der Waals surface area contributed by atoms with Gasteiger partial charge in [0, 0.05) is 0 Å². The lowest BCUT2D eigenvalue weighted by Crippen LogP contribution is -2.64. The van der Waals surface area contributed by atoms with Crippen molar-refractivity contribution >= 4 is 5.82 Å². The van der Waals surface area contributed by atoms with Gasteiger partial charge in [0.15, 0.2) is 12.0 Å². The van der Waals surface area contributed by atoms with Gasteiger partial charge < -0.3 is 29.7 Å². The normalized spacial score (nSPS) is 34.3. The lowest BCUT2D eigenvalue weighted by molar-refractivity contribution is -0.232. The standard InChI is InChI=1S/C15H20F3N3O5/c1-7(2)24-5-14-6-25-13(26-14)10(11(22)12(14)23)21-9-4-19-8(3-20-9)15(16,17)18/h3-4,7,10-13,22-23H,5-6H2,1-2H3,(H,20,21)/t10-,11-,12-,13-,14+/m1/s1. The summed E-state index contributed by atoms with van der Waals surface area (Å²) in [7, 11) is 0. The predicted molar refractivity (Wildman–Crippen MR) is 81.1 cm³/mol. The van der Waals surface area contributed by atoms with E-state index >= 15 is 0 Å². The number of rotatable bonds is 5. The fourth-order valence-corrected chi connectivity index (χ4v) is 2.87. The molecule has 2 aliphatic rings. The third-order valence-electron chi connectivity index (χ3n) is 4.28. The molecule has 3 rings (SSSR count). The van der Waals surface area contributed by atoms with Gasteiger partial charge in [-0.1, -0.05) is 0 Å². The second-order valence-electron chi connectivity index (χ2n) is 6.61. The Kier molecular flexibility index (Phi) is 5.10. The number of aliphatic hydroxyl groups excluding tert-OH is 2. The minimum atomic E-state index is -4.60. The summed E-state index contributed by atoms with van der Waals surface area (Å²) >= 11 is 0. The summed E-state index contributed by atoms with van der Waals surface area (Å²) in [4.78, 5) is 6.92. The molecule has 0 spiro atoms. The number of nitrogens with one attached hydrogen (secondary N) is 1. The molecule has 1 aromatic heterocycles. The van der Waals surface area contributed by atoms with Gasteiger partial charge in [-0.25, -0.2) is 9.97 Å². The van der Waals surface area contributed by atoms with Crippen LogP contribution >= 0.6 is 0 Å². The number of hydrogen-bond acceptors (Lipinski definition) is 8. The van der Waals surface area contributed by atoms with Crippen LogP contribution in [0.1, 0.15) is 19.5 Å². The molecule has 3 heterocycles. The van der Waals surface area contributed by atoms with Crippen molar-refractivity contribution in [2.45, 2.75) is 56.3 Å². The van der Waals surface area contributed by atoms with E-state index in [0.717, 1.165) is 6.20 Å². The second-order valence-corrected chi connectivity index (χ2v) is 6.61. The van der Waals surface area contributed by atoms with Crippen molar-refractivity contribution in [3.63, 3.8) is 0 Å². The van der Waals surface area contributed by atoms with E-state index < -0.39 is 42.0 Å². The summed E-state index contributed by atoms with van der Waals surface area (Å²) in [5, 5.41) is 23.6. The largest absolute Gasteiger partial charge is 0.434 e. The van der Waals surface area contributed by atoms with Gasteiger partial charge in [0.25, 0.3) is 0 Å². The minimum Gasteiger partial charge on any atom is -0.388 e. The molecule has 2 aliphatic heterocycles. The van der Waals surface area contributed by atoms with Crippen LogP contribution in [0.2, 0.25) is 0 Å². The Morgan fingerprint density at radius 1 is 1.35 bits per heavy atom. The number of hydrogen-bond donors (Lipinski definition) is 3. The number of aliphatic hydroxyl groups is 2. The molecule has 0 radical (unpaired) electrons. The van der Waals surface area contributed by atoms with Crippen LogP contribution < -0.4 is 5.32 Å². The molecule has 5 atom stereocenters. The first-order valence-electron chi connectivity index (χ1n) is 8.05. The molecule has 26 heavy (non-hydrogen) atoms. The zero-order valence-electron chi connectivity index (χ0n) is 14.1. The highest BCUT2D eigenvalue weighted by Crippen LogP contribution is 2.38. The number of fused-ring (bicyclic) bond motifs is 2. The van der Waals surface area contributed by atoms with Crippen molar-refractivity contribution in [3.8, 4) is 0 Å². The number of aromatic nitrogens is 2. The zero-order valence-corrected chi connectivity index (χ0v) is 14.1. The van der Waals surface area contributed by atoms with Crippen molar-refractivity contribution < 1.29 is 37.6 Å². The molecule has 1 aromatic rings. The highest BCUT2D eigenvalue weighted by Gasteiger charge is 2.59. The van der Waals surface area contributed by atoms with Gasteiger partial charge >= 0.3 is 6.18 Å². The number of alkyl halides is 3.